The first kappa shape index (κ1) is 24.3. The molecule has 184 valence electrons. The molecule has 0 saturated heterocycles. The summed E-state index contributed by atoms with van der Waals surface area (Å²) in [5, 5.41) is 2.72. The van der Waals surface area contributed by atoms with E-state index in [1.165, 1.54) is 36.4 Å². The van der Waals surface area contributed by atoms with Crippen molar-refractivity contribution in [2.75, 3.05) is 30.7 Å². The largest absolute Gasteiger partial charge is 0.494 e. The van der Waals surface area contributed by atoms with Crippen LogP contribution in [0.4, 0.5) is 10.1 Å². The van der Waals surface area contributed by atoms with Gasteiger partial charge in [-0.15, -0.1) is 0 Å². The van der Waals surface area contributed by atoms with Gasteiger partial charge in [-0.2, -0.15) is 0 Å². The first-order chi connectivity index (χ1) is 16.9. The molecule has 0 radical (unpaired) electrons. The maximum absolute atomic E-state index is 14.0. The Bertz CT molecular complexity index is 1310. The zero-order valence-corrected chi connectivity index (χ0v) is 19.9. The molecule has 3 aromatic rings. The highest BCUT2D eigenvalue weighted by atomic mass is 32.2. The molecule has 1 N–H and O–H groups in total. The Morgan fingerprint density at radius 3 is 2.57 bits per heavy atom. The lowest BCUT2D eigenvalue weighted by molar-refractivity contribution is -0.119. The monoisotopic (exact) mass is 500 g/mol. The van der Waals surface area contributed by atoms with Gasteiger partial charge in [-0.05, 0) is 55.0 Å². The summed E-state index contributed by atoms with van der Waals surface area (Å²) >= 11 is 0. The molecule has 1 heterocycles. The van der Waals surface area contributed by atoms with Crippen LogP contribution in [-0.4, -0.2) is 40.7 Å². The molecule has 1 aliphatic rings. The second-order valence-electron chi connectivity index (χ2n) is 7.65. The molecule has 0 unspecified atom stereocenters. The second kappa shape index (κ2) is 10.6. The number of fused-ring (bicyclic) bond motifs is 1. The molecular formula is C25H25FN2O6S. The van der Waals surface area contributed by atoms with Crippen molar-refractivity contribution in [3.05, 3.63) is 78.1 Å². The van der Waals surface area contributed by atoms with Crippen molar-refractivity contribution in [3.63, 3.8) is 0 Å². The molecule has 0 spiro atoms. The summed E-state index contributed by atoms with van der Waals surface area (Å²) in [6.45, 7) is 2.65. The van der Waals surface area contributed by atoms with Crippen molar-refractivity contribution < 1.29 is 31.8 Å². The Hall–Kier alpha value is -3.79. The Kier molecular flexibility index (Phi) is 7.40. The smallest absolute Gasteiger partial charge is 0.264 e. The third-order valence-corrected chi connectivity index (χ3v) is 6.95. The lowest BCUT2D eigenvalue weighted by Gasteiger charge is -2.25. The molecule has 0 bridgehead atoms. The fraction of sp³-hybridized carbons (Fsp3) is 0.240. The Labute approximate surface area is 203 Å². The van der Waals surface area contributed by atoms with Gasteiger partial charge in [0.05, 0.1) is 17.2 Å². The van der Waals surface area contributed by atoms with Gasteiger partial charge < -0.3 is 19.5 Å². The lowest BCUT2D eigenvalue weighted by Crippen LogP contribution is -2.40. The number of carbonyl (C=O) groups excluding carboxylic acids is 1. The number of nitrogens with one attached hydrogen (secondary N) is 1. The summed E-state index contributed by atoms with van der Waals surface area (Å²) in [6.07, 6.45) is 0. The number of ether oxygens (including phenoxy) is 3. The van der Waals surface area contributed by atoms with Gasteiger partial charge in [0.1, 0.15) is 31.3 Å². The summed E-state index contributed by atoms with van der Waals surface area (Å²) in [6, 6.07) is 16.5. The molecule has 3 aromatic carbocycles. The predicted molar refractivity (Wildman–Crippen MR) is 128 cm³/mol. The fourth-order valence-corrected chi connectivity index (χ4v) is 4.99. The van der Waals surface area contributed by atoms with Crippen LogP contribution in [0.25, 0.3) is 0 Å². The molecule has 1 aliphatic heterocycles. The van der Waals surface area contributed by atoms with Crippen LogP contribution in [0.3, 0.4) is 0 Å². The highest BCUT2D eigenvalue weighted by molar-refractivity contribution is 7.92. The minimum Gasteiger partial charge on any atom is -0.494 e. The van der Waals surface area contributed by atoms with E-state index in [4.69, 9.17) is 14.2 Å². The summed E-state index contributed by atoms with van der Waals surface area (Å²) in [5.74, 6) is 0.201. The third-order valence-electron chi connectivity index (χ3n) is 5.18. The van der Waals surface area contributed by atoms with Gasteiger partial charge >= 0.3 is 0 Å². The highest BCUT2D eigenvalue weighted by Gasteiger charge is 2.29. The first-order valence-electron chi connectivity index (χ1n) is 11.0. The van der Waals surface area contributed by atoms with Crippen LogP contribution in [0.15, 0.2) is 71.6 Å². The van der Waals surface area contributed by atoms with Gasteiger partial charge in [-0.1, -0.05) is 18.2 Å². The van der Waals surface area contributed by atoms with Gasteiger partial charge in [0.15, 0.2) is 11.5 Å². The van der Waals surface area contributed by atoms with Crippen molar-refractivity contribution in [1.82, 2.24) is 5.32 Å². The van der Waals surface area contributed by atoms with E-state index in [0.29, 0.717) is 24.7 Å². The quantitative estimate of drug-likeness (QED) is 0.483. The SMILES string of the molecule is CCOc1cccc(CNC(=O)CN(c2cccc(F)c2)S(=O)(=O)c2ccc3c(c2)OCCO3)c1. The molecule has 0 fully saturated rings. The average Bonchev–Trinajstić information content (AvgIpc) is 2.86. The summed E-state index contributed by atoms with van der Waals surface area (Å²) < 4.78 is 58.4. The number of sulfonamides is 1. The summed E-state index contributed by atoms with van der Waals surface area (Å²) in [7, 11) is -4.25. The number of carbonyl (C=O) groups is 1. The number of amides is 1. The van der Waals surface area contributed by atoms with E-state index in [1.807, 2.05) is 13.0 Å². The zero-order valence-electron chi connectivity index (χ0n) is 19.1. The van der Waals surface area contributed by atoms with Crippen molar-refractivity contribution in [3.8, 4) is 17.2 Å². The van der Waals surface area contributed by atoms with Gasteiger partial charge in [0.2, 0.25) is 5.91 Å². The molecule has 8 nitrogen and oxygen atoms in total. The Morgan fingerprint density at radius 1 is 1.03 bits per heavy atom. The van der Waals surface area contributed by atoms with Gasteiger partial charge in [0, 0.05) is 12.6 Å². The average molecular weight is 501 g/mol. The number of halogens is 1. The van der Waals surface area contributed by atoms with E-state index in [9.17, 15) is 17.6 Å². The van der Waals surface area contributed by atoms with E-state index in [-0.39, 0.29) is 29.5 Å². The summed E-state index contributed by atoms with van der Waals surface area (Å²) in [4.78, 5) is 12.7. The van der Waals surface area contributed by atoms with Crippen LogP contribution in [0.5, 0.6) is 17.2 Å². The van der Waals surface area contributed by atoms with Gasteiger partial charge in [-0.3, -0.25) is 9.10 Å². The fourth-order valence-electron chi connectivity index (χ4n) is 3.56. The summed E-state index contributed by atoms with van der Waals surface area (Å²) in [5.41, 5.74) is 0.810. The van der Waals surface area contributed by atoms with Crippen molar-refractivity contribution in [1.29, 1.82) is 0 Å². The Balaban J connectivity index is 1.57. The van der Waals surface area contributed by atoms with Crippen molar-refractivity contribution >= 4 is 21.6 Å². The third kappa shape index (κ3) is 5.83. The van der Waals surface area contributed by atoms with E-state index in [0.717, 1.165) is 15.9 Å². The minimum absolute atomic E-state index is 0.0217. The second-order valence-corrected chi connectivity index (χ2v) is 9.52. The molecule has 0 aliphatic carbocycles. The molecule has 1 amide bonds. The van der Waals surface area contributed by atoms with E-state index < -0.39 is 28.3 Å². The van der Waals surface area contributed by atoms with E-state index >= 15 is 0 Å². The van der Waals surface area contributed by atoms with Crippen LogP contribution in [-0.2, 0) is 21.4 Å². The number of nitrogens with zero attached hydrogens (tertiary/aromatic N) is 1. The minimum atomic E-state index is -4.25. The Morgan fingerprint density at radius 2 is 1.80 bits per heavy atom. The molecular weight excluding hydrogens is 475 g/mol. The molecule has 0 saturated carbocycles. The number of anilines is 1. The predicted octanol–water partition coefficient (Wildman–Crippen LogP) is 3.51. The van der Waals surface area contributed by atoms with Crippen LogP contribution in [0, 0.1) is 5.82 Å². The van der Waals surface area contributed by atoms with Gasteiger partial charge in [0.25, 0.3) is 10.0 Å². The number of rotatable bonds is 9. The standard InChI is InChI=1S/C25H25FN2O6S/c1-2-32-21-8-3-5-18(13-21)16-27-25(29)17-28(20-7-4-6-19(26)14-20)35(30,31)22-9-10-23-24(15-22)34-12-11-33-23/h3-10,13-15H,2,11-12,16-17H2,1H3,(H,27,29). The van der Waals surface area contributed by atoms with E-state index in [1.54, 1.807) is 18.2 Å². The molecule has 10 heteroatoms. The van der Waals surface area contributed by atoms with Crippen LogP contribution in [0.1, 0.15) is 12.5 Å². The van der Waals surface area contributed by atoms with Gasteiger partial charge in [-0.25, -0.2) is 12.8 Å². The number of benzene rings is 3. The van der Waals surface area contributed by atoms with E-state index in [2.05, 4.69) is 5.32 Å². The maximum Gasteiger partial charge on any atom is 0.264 e. The first-order valence-corrected chi connectivity index (χ1v) is 12.5. The van der Waals surface area contributed by atoms with Crippen molar-refractivity contribution in [2.24, 2.45) is 0 Å². The maximum atomic E-state index is 14.0. The van der Waals surface area contributed by atoms with Crippen molar-refractivity contribution in [2.45, 2.75) is 18.4 Å². The highest BCUT2D eigenvalue weighted by Crippen LogP contribution is 2.34. The topological polar surface area (TPSA) is 94.2 Å². The van der Waals surface area contributed by atoms with Crippen LogP contribution >= 0.6 is 0 Å². The number of hydrogen-bond donors (Lipinski definition) is 1. The van der Waals surface area contributed by atoms with Crippen LogP contribution in [0.2, 0.25) is 0 Å². The van der Waals surface area contributed by atoms with Crippen LogP contribution < -0.4 is 23.8 Å². The molecule has 0 aromatic heterocycles. The zero-order chi connectivity index (χ0) is 24.8. The normalized spacial score (nSPS) is 12.6. The molecule has 35 heavy (non-hydrogen) atoms. The molecule has 4 rings (SSSR count). The lowest BCUT2D eigenvalue weighted by atomic mass is 10.2. The molecule has 0 atom stereocenters. The number of hydrogen-bond acceptors (Lipinski definition) is 6.